The highest BCUT2D eigenvalue weighted by Gasteiger charge is 2.38. The molecule has 2 aromatic carbocycles. The lowest BCUT2D eigenvalue weighted by Gasteiger charge is -2.37. The summed E-state index contributed by atoms with van der Waals surface area (Å²) in [6, 6.07) is 15.6. The number of para-hydroxylation sites is 1. The fraction of sp³-hybridized carbons (Fsp3) is 0.480. The van der Waals surface area contributed by atoms with E-state index in [1.807, 2.05) is 30.3 Å². The van der Waals surface area contributed by atoms with Gasteiger partial charge in [0.1, 0.15) is 11.5 Å². The van der Waals surface area contributed by atoms with Crippen LogP contribution >= 0.6 is 0 Å². The quantitative estimate of drug-likeness (QED) is 0.507. The van der Waals surface area contributed by atoms with Crippen LogP contribution in [-0.4, -0.2) is 32.8 Å². The standard InChI is InChI=1S/C25H32N2O6S/c28-23(26-33-24-11-5-8-18-31-24)19-25(16-6-2-7-17-25)27-34(29,30)22-14-12-21(13-15-22)32-20-9-3-1-4-10-20/h1,3-4,9-10,12-15,24,27H,2,5-8,11,16-19H2,(H,26,28). The summed E-state index contributed by atoms with van der Waals surface area (Å²) in [4.78, 5) is 18.2. The number of hydroxylamine groups is 1. The molecule has 184 valence electrons. The van der Waals surface area contributed by atoms with Gasteiger partial charge in [0, 0.05) is 25.0 Å². The fourth-order valence-corrected chi connectivity index (χ4v) is 5.94. The Balaban J connectivity index is 1.40. The van der Waals surface area contributed by atoms with Crippen molar-refractivity contribution in [3.63, 3.8) is 0 Å². The van der Waals surface area contributed by atoms with Crippen molar-refractivity contribution in [1.82, 2.24) is 10.2 Å². The highest BCUT2D eigenvalue weighted by Crippen LogP contribution is 2.33. The number of hydrogen-bond donors (Lipinski definition) is 2. The van der Waals surface area contributed by atoms with Gasteiger partial charge in [0.2, 0.25) is 15.9 Å². The van der Waals surface area contributed by atoms with E-state index in [2.05, 4.69) is 10.2 Å². The number of amides is 1. The topological polar surface area (TPSA) is 103 Å². The van der Waals surface area contributed by atoms with Gasteiger partial charge in [-0.2, -0.15) is 0 Å². The van der Waals surface area contributed by atoms with E-state index in [-0.39, 0.29) is 17.2 Å². The molecule has 1 unspecified atom stereocenters. The largest absolute Gasteiger partial charge is 0.457 e. The van der Waals surface area contributed by atoms with Crippen LogP contribution < -0.4 is 14.9 Å². The number of carbonyl (C=O) groups is 1. The molecule has 1 atom stereocenters. The lowest BCUT2D eigenvalue weighted by Crippen LogP contribution is -2.52. The molecule has 2 aromatic rings. The van der Waals surface area contributed by atoms with Gasteiger partial charge in [-0.3, -0.25) is 4.79 Å². The molecule has 1 heterocycles. The normalized spacial score (nSPS) is 20.4. The first-order valence-corrected chi connectivity index (χ1v) is 13.4. The number of hydrogen-bond acceptors (Lipinski definition) is 6. The van der Waals surface area contributed by atoms with Crippen molar-refractivity contribution in [3.05, 3.63) is 54.6 Å². The summed E-state index contributed by atoms with van der Waals surface area (Å²) in [5.74, 6) is 0.855. The second kappa shape index (κ2) is 11.3. The molecule has 8 nitrogen and oxygen atoms in total. The minimum absolute atomic E-state index is 0.00809. The third-order valence-corrected chi connectivity index (χ3v) is 7.81. The summed E-state index contributed by atoms with van der Waals surface area (Å²) in [5, 5.41) is 0. The molecule has 0 aromatic heterocycles. The van der Waals surface area contributed by atoms with E-state index in [0.717, 1.165) is 38.5 Å². The predicted octanol–water partition coefficient (Wildman–Crippen LogP) is 4.42. The Hall–Kier alpha value is -2.46. The Morgan fingerprint density at radius 1 is 0.941 bits per heavy atom. The van der Waals surface area contributed by atoms with Crippen LogP contribution in [0, 0.1) is 0 Å². The molecule has 1 aliphatic heterocycles. The van der Waals surface area contributed by atoms with Crippen LogP contribution in [0.4, 0.5) is 0 Å². The maximum Gasteiger partial charge on any atom is 0.245 e. The van der Waals surface area contributed by atoms with Gasteiger partial charge in [-0.1, -0.05) is 37.5 Å². The minimum Gasteiger partial charge on any atom is -0.457 e. The maximum atomic E-state index is 13.2. The van der Waals surface area contributed by atoms with Gasteiger partial charge >= 0.3 is 0 Å². The van der Waals surface area contributed by atoms with E-state index < -0.39 is 21.9 Å². The second-order valence-electron chi connectivity index (χ2n) is 8.95. The van der Waals surface area contributed by atoms with Crippen LogP contribution in [0.5, 0.6) is 11.5 Å². The second-order valence-corrected chi connectivity index (χ2v) is 10.6. The smallest absolute Gasteiger partial charge is 0.245 e. The van der Waals surface area contributed by atoms with Crippen molar-refractivity contribution in [2.45, 2.75) is 74.5 Å². The molecular weight excluding hydrogens is 456 g/mol. The van der Waals surface area contributed by atoms with Gasteiger partial charge in [-0.25, -0.2) is 23.5 Å². The molecule has 1 aliphatic carbocycles. The van der Waals surface area contributed by atoms with Crippen LogP contribution in [0.25, 0.3) is 0 Å². The highest BCUT2D eigenvalue weighted by atomic mass is 32.2. The number of nitrogens with one attached hydrogen (secondary N) is 2. The zero-order valence-electron chi connectivity index (χ0n) is 19.2. The summed E-state index contributed by atoms with van der Waals surface area (Å²) in [5.41, 5.74) is 1.62. The van der Waals surface area contributed by atoms with Gasteiger partial charge in [-0.05, 0) is 62.1 Å². The van der Waals surface area contributed by atoms with E-state index in [1.165, 1.54) is 12.1 Å². The number of ether oxygens (including phenoxy) is 2. The first kappa shape index (κ1) is 24.7. The molecule has 2 N–H and O–H groups in total. The lowest BCUT2D eigenvalue weighted by molar-refractivity contribution is -0.201. The number of rotatable bonds is 9. The van der Waals surface area contributed by atoms with Crippen LogP contribution in [0.1, 0.15) is 57.8 Å². The van der Waals surface area contributed by atoms with Crippen molar-refractivity contribution in [2.24, 2.45) is 0 Å². The average Bonchev–Trinajstić information content (AvgIpc) is 2.84. The SMILES string of the molecule is O=C(CC1(NS(=O)(=O)c2ccc(Oc3ccccc3)cc2)CCCCC1)NOC1CCCCO1. The number of sulfonamides is 1. The molecule has 0 bridgehead atoms. The molecule has 2 aliphatic rings. The van der Waals surface area contributed by atoms with Crippen LogP contribution in [0.3, 0.4) is 0 Å². The molecule has 9 heteroatoms. The molecular formula is C25H32N2O6S. The summed E-state index contributed by atoms with van der Waals surface area (Å²) >= 11 is 0. The van der Waals surface area contributed by atoms with Gasteiger partial charge in [0.25, 0.3) is 0 Å². The summed E-state index contributed by atoms with van der Waals surface area (Å²) in [6.07, 6.45) is 6.16. The Labute approximate surface area is 201 Å². The molecule has 1 amide bonds. The van der Waals surface area contributed by atoms with E-state index in [4.69, 9.17) is 14.3 Å². The summed E-state index contributed by atoms with van der Waals surface area (Å²) < 4.78 is 40.5. The molecule has 1 saturated carbocycles. The first-order chi connectivity index (χ1) is 16.4. The zero-order valence-corrected chi connectivity index (χ0v) is 20.0. The van der Waals surface area contributed by atoms with E-state index in [1.54, 1.807) is 12.1 Å². The molecule has 0 spiro atoms. The lowest BCUT2D eigenvalue weighted by atomic mass is 9.80. The first-order valence-electron chi connectivity index (χ1n) is 11.9. The molecule has 4 rings (SSSR count). The molecule has 2 fully saturated rings. The summed E-state index contributed by atoms with van der Waals surface area (Å²) in [6.45, 7) is 0.611. The molecule has 34 heavy (non-hydrogen) atoms. The highest BCUT2D eigenvalue weighted by molar-refractivity contribution is 7.89. The minimum atomic E-state index is -3.84. The van der Waals surface area contributed by atoms with Crippen LogP contribution in [0.2, 0.25) is 0 Å². The van der Waals surface area contributed by atoms with Crippen LogP contribution in [0.15, 0.2) is 59.5 Å². The van der Waals surface area contributed by atoms with Crippen molar-refractivity contribution in [3.8, 4) is 11.5 Å². The van der Waals surface area contributed by atoms with E-state index in [9.17, 15) is 13.2 Å². The van der Waals surface area contributed by atoms with Crippen molar-refractivity contribution in [1.29, 1.82) is 0 Å². The predicted molar refractivity (Wildman–Crippen MR) is 127 cm³/mol. The summed E-state index contributed by atoms with van der Waals surface area (Å²) in [7, 11) is -3.84. The van der Waals surface area contributed by atoms with Crippen molar-refractivity contribution < 1.29 is 27.5 Å². The Morgan fingerprint density at radius 3 is 2.32 bits per heavy atom. The van der Waals surface area contributed by atoms with Gasteiger partial charge in [-0.15, -0.1) is 0 Å². The Bertz CT molecular complexity index is 1030. The maximum absolute atomic E-state index is 13.2. The number of benzene rings is 2. The zero-order chi connectivity index (χ0) is 23.9. The van der Waals surface area contributed by atoms with Gasteiger partial charge < -0.3 is 9.47 Å². The Kier molecular flexibility index (Phi) is 8.20. The van der Waals surface area contributed by atoms with Gasteiger partial charge in [0.15, 0.2) is 6.29 Å². The van der Waals surface area contributed by atoms with Crippen molar-refractivity contribution in [2.75, 3.05) is 6.61 Å². The van der Waals surface area contributed by atoms with Crippen molar-refractivity contribution >= 4 is 15.9 Å². The molecule has 0 radical (unpaired) electrons. The number of carbonyl (C=O) groups excluding carboxylic acids is 1. The third-order valence-electron chi connectivity index (χ3n) is 6.22. The van der Waals surface area contributed by atoms with Gasteiger partial charge in [0.05, 0.1) is 4.90 Å². The Morgan fingerprint density at radius 2 is 1.65 bits per heavy atom. The fourth-order valence-electron chi connectivity index (χ4n) is 4.48. The monoisotopic (exact) mass is 488 g/mol. The third kappa shape index (κ3) is 6.79. The van der Waals surface area contributed by atoms with Crippen LogP contribution in [-0.2, 0) is 24.4 Å². The average molecular weight is 489 g/mol. The van der Waals surface area contributed by atoms with E-state index in [0.29, 0.717) is 30.9 Å². The van der Waals surface area contributed by atoms with E-state index >= 15 is 0 Å². The molecule has 1 saturated heterocycles.